The number of amides is 2. The number of imide groups is 1. The molecule has 0 bridgehead atoms. The van der Waals surface area contributed by atoms with E-state index in [9.17, 15) is 9.59 Å². The molecule has 0 N–H and O–H groups in total. The number of aromatic nitrogens is 1. The summed E-state index contributed by atoms with van der Waals surface area (Å²) in [6.07, 6.45) is 0. The van der Waals surface area contributed by atoms with Gasteiger partial charge in [0.05, 0.1) is 31.0 Å². The Labute approximate surface area is 153 Å². The second-order valence-corrected chi connectivity index (χ2v) is 6.39. The van der Waals surface area contributed by atoms with Gasteiger partial charge in [-0.3, -0.25) is 9.59 Å². The summed E-state index contributed by atoms with van der Waals surface area (Å²) in [6.45, 7) is 0. The van der Waals surface area contributed by atoms with Crippen LogP contribution in [0.5, 0.6) is 11.5 Å². The van der Waals surface area contributed by atoms with E-state index in [-0.39, 0.29) is 16.9 Å². The maximum atomic E-state index is 12.9. The molecule has 0 atom stereocenters. The van der Waals surface area contributed by atoms with Gasteiger partial charge in [-0.25, -0.2) is 9.88 Å². The molecule has 0 fully saturated rings. The van der Waals surface area contributed by atoms with Crippen molar-refractivity contribution < 1.29 is 19.1 Å². The van der Waals surface area contributed by atoms with Gasteiger partial charge < -0.3 is 9.47 Å². The van der Waals surface area contributed by atoms with Gasteiger partial charge in [-0.15, -0.1) is 11.3 Å². The third kappa shape index (κ3) is 2.36. The van der Waals surface area contributed by atoms with Gasteiger partial charge in [0.15, 0.2) is 16.6 Å². The van der Waals surface area contributed by atoms with Crippen molar-refractivity contribution in [1.29, 1.82) is 0 Å². The molecule has 2 amide bonds. The highest BCUT2D eigenvalue weighted by Gasteiger charge is 2.41. The van der Waals surface area contributed by atoms with Gasteiger partial charge in [0.25, 0.3) is 11.8 Å². The van der Waals surface area contributed by atoms with Crippen molar-refractivity contribution in [1.82, 2.24) is 4.98 Å². The number of hydrogen-bond donors (Lipinski definition) is 0. The van der Waals surface area contributed by atoms with Crippen molar-refractivity contribution >= 4 is 28.3 Å². The van der Waals surface area contributed by atoms with E-state index in [1.807, 2.05) is 35.7 Å². The zero-order valence-corrected chi connectivity index (χ0v) is 14.9. The molecule has 1 aromatic heterocycles. The van der Waals surface area contributed by atoms with Crippen molar-refractivity contribution in [3.05, 3.63) is 59.0 Å². The molecule has 0 aliphatic carbocycles. The third-order valence-corrected chi connectivity index (χ3v) is 4.97. The molecule has 4 rings (SSSR count). The van der Waals surface area contributed by atoms with E-state index in [2.05, 4.69) is 4.98 Å². The predicted molar refractivity (Wildman–Crippen MR) is 98.2 cm³/mol. The van der Waals surface area contributed by atoms with Gasteiger partial charge in [-0.05, 0) is 12.1 Å². The number of thiazole rings is 1. The molecule has 1 aliphatic heterocycles. The lowest BCUT2D eigenvalue weighted by molar-refractivity contribution is 0.0925. The fourth-order valence-corrected chi connectivity index (χ4v) is 3.75. The number of carbonyl (C=O) groups excluding carboxylic acids is 2. The minimum absolute atomic E-state index is 0.202. The molecule has 2 heterocycles. The van der Waals surface area contributed by atoms with Crippen LogP contribution in [0.15, 0.2) is 47.8 Å². The zero-order chi connectivity index (χ0) is 18.3. The average molecular weight is 366 g/mol. The summed E-state index contributed by atoms with van der Waals surface area (Å²) in [4.78, 5) is 31.3. The van der Waals surface area contributed by atoms with E-state index in [1.54, 1.807) is 12.1 Å². The summed E-state index contributed by atoms with van der Waals surface area (Å²) in [6, 6.07) is 12.8. The Morgan fingerprint density at radius 1 is 0.962 bits per heavy atom. The van der Waals surface area contributed by atoms with Crippen LogP contribution < -0.4 is 14.4 Å². The zero-order valence-electron chi connectivity index (χ0n) is 14.1. The monoisotopic (exact) mass is 366 g/mol. The third-order valence-electron chi connectivity index (χ3n) is 4.15. The first-order chi connectivity index (χ1) is 12.7. The molecule has 1 aliphatic rings. The molecule has 0 radical (unpaired) electrons. The van der Waals surface area contributed by atoms with Crippen LogP contribution in [0.4, 0.5) is 5.13 Å². The van der Waals surface area contributed by atoms with E-state index < -0.39 is 11.8 Å². The van der Waals surface area contributed by atoms with Gasteiger partial charge >= 0.3 is 0 Å². The number of rotatable bonds is 4. The van der Waals surface area contributed by atoms with Gasteiger partial charge in [-0.2, -0.15) is 0 Å². The highest BCUT2D eigenvalue weighted by atomic mass is 32.1. The molecule has 0 saturated carbocycles. The lowest BCUT2D eigenvalue weighted by atomic mass is 10.1. The number of fused-ring (bicyclic) bond motifs is 1. The molecular weight excluding hydrogens is 352 g/mol. The van der Waals surface area contributed by atoms with Crippen molar-refractivity contribution in [2.24, 2.45) is 0 Å². The summed E-state index contributed by atoms with van der Waals surface area (Å²) in [5, 5.41) is 2.16. The SMILES string of the molecule is COc1ccc2c(c1OC)C(=O)N(c1nc(-c3ccccc3)cs1)C2=O. The van der Waals surface area contributed by atoms with Crippen molar-refractivity contribution in [3.8, 4) is 22.8 Å². The van der Waals surface area contributed by atoms with Crippen LogP contribution in [0.25, 0.3) is 11.3 Å². The fourth-order valence-electron chi connectivity index (χ4n) is 2.92. The molecule has 2 aromatic carbocycles. The van der Waals surface area contributed by atoms with Gasteiger partial charge in [0, 0.05) is 10.9 Å². The Balaban J connectivity index is 1.77. The van der Waals surface area contributed by atoms with Crippen molar-refractivity contribution in [2.45, 2.75) is 0 Å². The van der Waals surface area contributed by atoms with Crippen molar-refractivity contribution in [2.75, 3.05) is 19.1 Å². The minimum Gasteiger partial charge on any atom is -0.493 e. The molecule has 0 saturated heterocycles. The lowest BCUT2D eigenvalue weighted by Gasteiger charge is -2.10. The van der Waals surface area contributed by atoms with E-state index in [1.165, 1.54) is 25.6 Å². The number of methoxy groups -OCH3 is 2. The first-order valence-electron chi connectivity index (χ1n) is 7.80. The molecule has 0 spiro atoms. The second kappa shape index (κ2) is 6.27. The molecule has 6 nitrogen and oxygen atoms in total. The summed E-state index contributed by atoms with van der Waals surface area (Å²) < 4.78 is 10.5. The maximum absolute atomic E-state index is 12.9. The van der Waals surface area contributed by atoms with E-state index in [0.717, 1.165) is 10.5 Å². The molecule has 26 heavy (non-hydrogen) atoms. The smallest absolute Gasteiger partial charge is 0.271 e. The number of carbonyl (C=O) groups is 2. The van der Waals surface area contributed by atoms with E-state index >= 15 is 0 Å². The van der Waals surface area contributed by atoms with Crippen LogP contribution in [-0.2, 0) is 0 Å². The summed E-state index contributed by atoms with van der Waals surface area (Å²) in [5.41, 5.74) is 2.12. The lowest BCUT2D eigenvalue weighted by Crippen LogP contribution is -2.29. The number of ether oxygens (including phenoxy) is 2. The summed E-state index contributed by atoms with van der Waals surface area (Å²) >= 11 is 1.24. The molecule has 3 aromatic rings. The fraction of sp³-hybridized carbons (Fsp3) is 0.105. The predicted octanol–water partition coefficient (Wildman–Crippen LogP) is 3.63. The topological polar surface area (TPSA) is 68.7 Å². The van der Waals surface area contributed by atoms with E-state index in [0.29, 0.717) is 16.6 Å². The van der Waals surface area contributed by atoms with Crippen LogP contribution in [0.1, 0.15) is 20.7 Å². The number of benzene rings is 2. The Morgan fingerprint density at radius 2 is 1.73 bits per heavy atom. The minimum atomic E-state index is -0.463. The second-order valence-electron chi connectivity index (χ2n) is 5.55. The van der Waals surface area contributed by atoms with Crippen molar-refractivity contribution in [3.63, 3.8) is 0 Å². The van der Waals surface area contributed by atoms with Crippen LogP contribution in [-0.4, -0.2) is 31.0 Å². The Morgan fingerprint density at radius 3 is 2.42 bits per heavy atom. The molecular formula is C19H14N2O4S. The van der Waals surface area contributed by atoms with Gasteiger partial charge in [-0.1, -0.05) is 30.3 Å². The Kier molecular flexibility index (Phi) is 3.93. The Bertz CT molecular complexity index is 1010. The van der Waals surface area contributed by atoms with Crippen LogP contribution in [0, 0.1) is 0 Å². The van der Waals surface area contributed by atoms with Gasteiger partial charge in [0.1, 0.15) is 0 Å². The van der Waals surface area contributed by atoms with E-state index in [4.69, 9.17) is 9.47 Å². The number of nitrogens with zero attached hydrogens (tertiary/aromatic N) is 2. The normalized spacial score (nSPS) is 13.1. The highest BCUT2D eigenvalue weighted by Crippen LogP contribution is 2.40. The summed E-state index contributed by atoms with van der Waals surface area (Å²) in [7, 11) is 2.92. The molecule has 0 unspecified atom stereocenters. The first kappa shape index (κ1) is 16.3. The first-order valence-corrected chi connectivity index (χ1v) is 8.68. The standard InChI is InChI=1S/C19H14N2O4S/c1-24-14-9-8-12-15(16(14)25-2)18(23)21(17(12)22)19-20-13(10-26-19)11-6-4-3-5-7-11/h3-10H,1-2H3. The Hall–Kier alpha value is -3.19. The van der Waals surface area contributed by atoms with Crippen LogP contribution in [0.3, 0.4) is 0 Å². The number of hydrogen-bond acceptors (Lipinski definition) is 6. The largest absolute Gasteiger partial charge is 0.493 e. The van der Waals surface area contributed by atoms with Crippen LogP contribution in [0.2, 0.25) is 0 Å². The highest BCUT2D eigenvalue weighted by molar-refractivity contribution is 7.14. The maximum Gasteiger partial charge on any atom is 0.271 e. The van der Waals surface area contributed by atoms with Gasteiger partial charge in [0.2, 0.25) is 0 Å². The molecule has 7 heteroatoms. The number of anilines is 1. The average Bonchev–Trinajstić information content (AvgIpc) is 3.25. The molecule has 130 valence electrons. The quantitative estimate of drug-likeness (QED) is 0.660. The van der Waals surface area contributed by atoms with Crippen LogP contribution >= 0.6 is 11.3 Å². The summed E-state index contributed by atoms with van der Waals surface area (Å²) in [5.74, 6) is -0.223.